The monoisotopic (exact) mass is 354 g/mol. The summed E-state index contributed by atoms with van der Waals surface area (Å²) in [5.41, 5.74) is 5.50. The fraction of sp³-hybridized carbons (Fsp3) is 0.450. The number of aliphatic hydroxyl groups excluding tert-OH is 2. The van der Waals surface area contributed by atoms with Gasteiger partial charge in [0.15, 0.2) is 0 Å². The molecule has 2 N–H and O–H groups in total. The molecule has 0 bridgehead atoms. The van der Waals surface area contributed by atoms with E-state index in [-0.39, 0.29) is 6.61 Å². The largest absolute Gasteiger partial charge is 0.393 e. The van der Waals surface area contributed by atoms with Crippen LogP contribution in [0.1, 0.15) is 35.2 Å². The molecule has 3 heterocycles. The van der Waals surface area contributed by atoms with E-state index in [4.69, 9.17) is 5.11 Å². The minimum absolute atomic E-state index is 0.296. The van der Waals surface area contributed by atoms with Crippen molar-refractivity contribution in [1.82, 2.24) is 19.2 Å². The lowest BCUT2D eigenvalue weighted by atomic mass is 10.2. The molecule has 0 saturated heterocycles. The highest BCUT2D eigenvalue weighted by Gasteiger charge is 2.20. The average Bonchev–Trinajstić information content (AvgIpc) is 3.09. The van der Waals surface area contributed by atoms with Gasteiger partial charge < -0.3 is 14.8 Å². The number of nitrogens with zero attached hydrogens (tertiary/aromatic N) is 4. The molecular weight excluding hydrogens is 328 g/mol. The molecule has 6 heteroatoms. The Hall–Kier alpha value is -2.15. The highest BCUT2D eigenvalue weighted by atomic mass is 16.3. The predicted molar refractivity (Wildman–Crippen MR) is 101 cm³/mol. The van der Waals surface area contributed by atoms with Crippen molar-refractivity contribution in [2.75, 3.05) is 13.2 Å². The first-order valence-corrected chi connectivity index (χ1v) is 9.18. The zero-order valence-corrected chi connectivity index (χ0v) is 15.4. The van der Waals surface area contributed by atoms with Gasteiger partial charge in [-0.1, -0.05) is 11.6 Å². The molecule has 0 radical (unpaired) electrons. The number of aliphatic hydroxyl groups is 2. The van der Waals surface area contributed by atoms with Gasteiger partial charge in [0.25, 0.3) is 0 Å². The topological polar surface area (TPSA) is 66.5 Å². The summed E-state index contributed by atoms with van der Waals surface area (Å²) in [5.74, 6) is 0. The first kappa shape index (κ1) is 17.3. The Morgan fingerprint density at radius 3 is 2.85 bits per heavy atom. The Morgan fingerprint density at radius 2 is 2.04 bits per heavy atom. The Morgan fingerprint density at radius 1 is 1.19 bits per heavy atom. The van der Waals surface area contributed by atoms with E-state index in [9.17, 15) is 5.11 Å². The molecule has 1 aliphatic rings. The van der Waals surface area contributed by atoms with Gasteiger partial charge >= 0.3 is 0 Å². The van der Waals surface area contributed by atoms with Gasteiger partial charge in [-0.15, -0.1) is 0 Å². The Balaban J connectivity index is 1.57. The van der Waals surface area contributed by atoms with E-state index >= 15 is 0 Å². The van der Waals surface area contributed by atoms with Crippen LogP contribution < -0.4 is 0 Å². The van der Waals surface area contributed by atoms with Gasteiger partial charge in [0.05, 0.1) is 18.0 Å². The number of rotatable bonds is 4. The van der Waals surface area contributed by atoms with Crippen LogP contribution in [0.25, 0.3) is 10.9 Å². The van der Waals surface area contributed by atoms with E-state index in [1.54, 1.807) is 0 Å². The number of hydrogen-bond donors (Lipinski definition) is 2. The summed E-state index contributed by atoms with van der Waals surface area (Å²) in [6, 6.07) is 10.8. The zero-order valence-electron chi connectivity index (χ0n) is 15.4. The Labute approximate surface area is 153 Å². The van der Waals surface area contributed by atoms with Crippen LogP contribution in [0.4, 0.5) is 0 Å². The average molecular weight is 354 g/mol. The van der Waals surface area contributed by atoms with Gasteiger partial charge in [-0.3, -0.25) is 9.58 Å². The van der Waals surface area contributed by atoms with E-state index in [1.807, 2.05) is 10.7 Å². The van der Waals surface area contributed by atoms with Crippen LogP contribution in [-0.2, 0) is 26.7 Å². The molecule has 1 aromatic carbocycles. The summed E-state index contributed by atoms with van der Waals surface area (Å²) in [6.07, 6.45) is 0.121. The van der Waals surface area contributed by atoms with Crippen LogP contribution in [0, 0.1) is 6.92 Å². The number of aromatic nitrogens is 3. The second-order valence-electron chi connectivity index (χ2n) is 7.30. The van der Waals surface area contributed by atoms with Crippen LogP contribution in [-0.4, -0.2) is 42.6 Å². The quantitative estimate of drug-likeness (QED) is 0.753. The second kappa shape index (κ2) is 6.87. The van der Waals surface area contributed by atoms with Crippen molar-refractivity contribution in [3.8, 4) is 0 Å². The summed E-state index contributed by atoms with van der Waals surface area (Å²) in [7, 11) is 2.13. The SMILES string of the molecule is Cc1ccc2c(c1)cc(CN1CCCn3nc([C@@H](O)CO)cc3C1)n2C. The molecule has 2 aromatic heterocycles. The van der Waals surface area contributed by atoms with Crippen LogP contribution in [0.3, 0.4) is 0 Å². The molecule has 3 aromatic rings. The molecule has 0 unspecified atom stereocenters. The summed E-state index contributed by atoms with van der Waals surface area (Å²) < 4.78 is 4.25. The van der Waals surface area contributed by atoms with E-state index in [1.165, 1.54) is 22.2 Å². The van der Waals surface area contributed by atoms with Crippen molar-refractivity contribution in [2.24, 2.45) is 7.05 Å². The van der Waals surface area contributed by atoms with Gasteiger partial charge in [0, 0.05) is 49.8 Å². The summed E-state index contributed by atoms with van der Waals surface area (Å²) in [4.78, 5) is 2.43. The third-order valence-electron chi connectivity index (χ3n) is 5.31. The standard InChI is InChI=1S/C20H26N4O2/c1-14-4-5-19-15(8-14)9-16(22(19)2)11-23-6-3-7-24-17(12-23)10-18(21-24)20(26)13-25/h4-5,8-10,20,25-26H,3,6-7,11-13H2,1-2H3/t20-/m0/s1. The van der Waals surface area contributed by atoms with Gasteiger partial charge in [-0.2, -0.15) is 5.10 Å². The third kappa shape index (κ3) is 3.16. The van der Waals surface area contributed by atoms with Gasteiger partial charge in [0.1, 0.15) is 6.10 Å². The van der Waals surface area contributed by atoms with Gasteiger partial charge in [-0.05, 0) is 37.6 Å². The summed E-state index contributed by atoms with van der Waals surface area (Å²) in [5, 5.41) is 24.8. The summed E-state index contributed by atoms with van der Waals surface area (Å²) >= 11 is 0. The highest BCUT2D eigenvalue weighted by Crippen LogP contribution is 2.23. The Kier molecular flexibility index (Phi) is 4.56. The van der Waals surface area contributed by atoms with E-state index in [0.717, 1.165) is 38.3 Å². The van der Waals surface area contributed by atoms with Crippen molar-refractivity contribution in [3.63, 3.8) is 0 Å². The molecule has 26 heavy (non-hydrogen) atoms. The maximum absolute atomic E-state index is 9.85. The number of hydrogen-bond acceptors (Lipinski definition) is 4. The lowest BCUT2D eigenvalue weighted by molar-refractivity contribution is 0.0916. The lowest BCUT2D eigenvalue weighted by Crippen LogP contribution is -2.24. The van der Waals surface area contributed by atoms with E-state index in [0.29, 0.717) is 5.69 Å². The van der Waals surface area contributed by atoms with E-state index < -0.39 is 6.10 Å². The minimum atomic E-state index is -0.899. The first-order valence-electron chi connectivity index (χ1n) is 9.18. The van der Waals surface area contributed by atoms with Crippen LogP contribution >= 0.6 is 0 Å². The number of benzene rings is 1. The first-order chi connectivity index (χ1) is 12.5. The van der Waals surface area contributed by atoms with Crippen molar-refractivity contribution < 1.29 is 10.2 Å². The van der Waals surface area contributed by atoms with Crippen LogP contribution in [0.15, 0.2) is 30.3 Å². The molecule has 0 amide bonds. The van der Waals surface area contributed by atoms with Crippen molar-refractivity contribution >= 4 is 10.9 Å². The molecule has 1 aliphatic heterocycles. The smallest absolute Gasteiger partial charge is 0.121 e. The summed E-state index contributed by atoms with van der Waals surface area (Å²) in [6.45, 7) is 5.37. The molecule has 0 spiro atoms. The van der Waals surface area contributed by atoms with Gasteiger partial charge in [0.2, 0.25) is 0 Å². The predicted octanol–water partition coefficient (Wildman–Crippen LogP) is 2.11. The molecule has 4 rings (SSSR count). The lowest BCUT2D eigenvalue weighted by Gasteiger charge is -2.20. The minimum Gasteiger partial charge on any atom is -0.393 e. The van der Waals surface area contributed by atoms with E-state index in [2.05, 4.69) is 52.8 Å². The molecular formula is C20H26N4O2. The normalized spacial score (nSPS) is 16.6. The van der Waals surface area contributed by atoms with Gasteiger partial charge in [-0.25, -0.2) is 0 Å². The molecule has 6 nitrogen and oxygen atoms in total. The van der Waals surface area contributed by atoms with Crippen molar-refractivity contribution in [3.05, 3.63) is 53.0 Å². The number of aryl methyl sites for hydroxylation is 3. The molecule has 0 fully saturated rings. The Bertz CT molecular complexity index is 927. The molecule has 0 saturated carbocycles. The van der Waals surface area contributed by atoms with Crippen LogP contribution in [0.2, 0.25) is 0 Å². The van der Waals surface area contributed by atoms with Crippen molar-refractivity contribution in [2.45, 2.75) is 39.1 Å². The molecule has 0 aliphatic carbocycles. The highest BCUT2D eigenvalue weighted by molar-refractivity contribution is 5.82. The third-order valence-corrected chi connectivity index (χ3v) is 5.31. The molecule has 1 atom stereocenters. The fourth-order valence-corrected chi connectivity index (χ4v) is 3.85. The fourth-order valence-electron chi connectivity index (χ4n) is 3.85. The maximum Gasteiger partial charge on any atom is 0.121 e. The zero-order chi connectivity index (χ0) is 18.3. The van der Waals surface area contributed by atoms with Crippen LogP contribution in [0.5, 0.6) is 0 Å². The second-order valence-corrected chi connectivity index (χ2v) is 7.30. The maximum atomic E-state index is 9.85. The molecule has 138 valence electrons. The number of fused-ring (bicyclic) bond motifs is 2. The van der Waals surface area contributed by atoms with Crippen molar-refractivity contribution in [1.29, 1.82) is 0 Å².